The van der Waals surface area contributed by atoms with Gasteiger partial charge in [-0.25, -0.2) is 14.8 Å². The maximum atomic E-state index is 11.6. The number of hydrogen-bond donors (Lipinski definition) is 1. The molecule has 6 nitrogen and oxygen atoms in total. The molecule has 0 radical (unpaired) electrons. The van der Waals surface area contributed by atoms with Crippen molar-refractivity contribution in [2.24, 2.45) is 0 Å². The van der Waals surface area contributed by atoms with Crippen LogP contribution in [0.4, 0.5) is 0 Å². The van der Waals surface area contributed by atoms with Crippen LogP contribution in [0.3, 0.4) is 0 Å². The normalized spacial score (nSPS) is 11.0. The van der Waals surface area contributed by atoms with E-state index in [4.69, 9.17) is 11.6 Å². The van der Waals surface area contributed by atoms with Crippen LogP contribution in [0.1, 0.15) is 5.82 Å². The van der Waals surface area contributed by atoms with E-state index in [1.54, 1.807) is 0 Å². The van der Waals surface area contributed by atoms with Gasteiger partial charge in [-0.15, -0.1) is 11.3 Å². The highest BCUT2D eigenvalue weighted by molar-refractivity contribution is 7.16. The number of halogens is 1. The van der Waals surface area contributed by atoms with Crippen molar-refractivity contribution in [3.8, 4) is 0 Å². The van der Waals surface area contributed by atoms with Gasteiger partial charge in [-0.05, 0) is 11.4 Å². The van der Waals surface area contributed by atoms with Crippen LogP contribution in [0.15, 0.2) is 33.3 Å². The molecule has 0 atom stereocenters. The summed E-state index contributed by atoms with van der Waals surface area (Å²) in [4.78, 5) is 33.9. The smallest absolute Gasteiger partial charge is 0.293 e. The van der Waals surface area contributed by atoms with Gasteiger partial charge in [-0.2, -0.15) is 0 Å². The second-order valence-electron chi connectivity index (χ2n) is 3.81. The van der Waals surface area contributed by atoms with Crippen molar-refractivity contribution in [3.05, 3.63) is 55.5 Å². The number of rotatable bonds is 2. The van der Waals surface area contributed by atoms with Crippen molar-refractivity contribution in [1.82, 2.24) is 19.5 Å². The lowest BCUT2D eigenvalue weighted by Crippen LogP contribution is -2.29. The van der Waals surface area contributed by atoms with Crippen molar-refractivity contribution >= 4 is 33.2 Å². The molecule has 1 N–H and O–H groups in total. The summed E-state index contributed by atoms with van der Waals surface area (Å²) in [5.41, 5.74) is -0.938. The Morgan fingerprint density at radius 2 is 2.16 bits per heavy atom. The summed E-state index contributed by atoms with van der Waals surface area (Å²) < 4.78 is 1.31. The summed E-state index contributed by atoms with van der Waals surface area (Å²) >= 11 is 7.50. The van der Waals surface area contributed by atoms with E-state index < -0.39 is 11.2 Å². The topological polar surface area (TPSA) is 80.6 Å². The van der Waals surface area contributed by atoms with Crippen LogP contribution in [0.2, 0.25) is 5.15 Å². The first-order valence-electron chi connectivity index (χ1n) is 5.33. The number of fused-ring (bicyclic) bond motifs is 1. The van der Waals surface area contributed by atoms with Crippen molar-refractivity contribution in [2.45, 2.75) is 6.54 Å². The molecule has 96 valence electrons. The predicted molar refractivity (Wildman–Crippen MR) is 72.8 cm³/mol. The molecule has 3 heterocycles. The molecule has 0 aliphatic rings. The lowest BCUT2D eigenvalue weighted by molar-refractivity contribution is 0.689. The Balaban J connectivity index is 2.05. The highest BCUT2D eigenvalue weighted by atomic mass is 35.5. The summed E-state index contributed by atoms with van der Waals surface area (Å²) in [5, 5.41) is 3.03. The lowest BCUT2D eigenvalue weighted by atomic mass is 10.4. The van der Waals surface area contributed by atoms with Gasteiger partial charge in [-0.1, -0.05) is 11.6 Å². The first-order chi connectivity index (χ1) is 9.13. The quantitative estimate of drug-likeness (QED) is 0.721. The zero-order valence-corrected chi connectivity index (χ0v) is 11.0. The first-order valence-corrected chi connectivity index (χ1v) is 6.58. The van der Waals surface area contributed by atoms with Crippen LogP contribution in [0.5, 0.6) is 0 Å². The Kier molecular flexibility index (Phi) is 2.92. The Morgan fingerprint density at radius 3 is 2.95 bits per heavy atom. The summed E-state index contributed by atoms with van der Waals surface area (Å²) in [5.74, 6) is 0.425. The fraction of sp³-hybridized carbons (Fsp3) is 0.0909. The molecule has 3 aromatic heterocycles. The van der Waals surface area contributed by atoms with Crippen molar-refractivity contribution < 1.29 is 0 Å². The minimum absolute atomic E-state index is 0.156. The molecule has 19 heavy (non-hydrogen) atoms. The molecule has 3 aromatic rings. The number of nitrogens with one attached hydrogen (secondary N) is 1. The number of aromatic nitrogens is 4. The first kappa shape index (κ1) is 12.1. The second-order valence-corrected chi connectivity index (χ2v) is 5.06. The van der Waals surface area contributed by atoms with Gasteiger partial charge in [-0.3, -0.25) is 14.3 Å². The maximum absolute atomic E-state index is 11.6. The average molecular weight is 295 g/mol. The van der Waals surface area contributed by atoms with Gasteiger partial charge in [0, 0.05) is 17.6 Å². The van der Waals surface area contributed by atoms with E-state index >= 15 is 0 Å². The van der Waals surface area contributed by atoms with Crippen LogP contribution in [-0.4, -0.2) is 19.5 Å². The number of thiophene rings is 1. The van der Waals surface area contributed by atoms with E-state index in [9.17, 15) is 9.59 Å². The molecular weight excluding hydrogens is 288 g/mol. The molecule has 0 saturated carbocycles. The molecule has 0 aliphatic heterocycles. The zero-order chi connectivity index (χ0) is 13.4. The van der Waals surface area contributed by atoms with E-state index in [0.717, 1.165) is 10.2 Å². The SMILES string of the molecule is O=c1ccn(Cc2nc(Cl)c3ccsc3n2)c(=O)[nH]1. The highest BCUT2D eigenvalue weighted by Gasteiger charge is 2.08. The van der Waals surface area contributed by atoms with Crippen LogP contribution in [0, 0.1) is 0 Å². The third-order valence-corrected chi connectivity index (χ3v) is 3.63. The molecule has 0 bridgehead atoms. The summed E-state index contributed by atoms with van der Waals surface area (Å²) in [6.45, 7) is 0.156. The lowest BCUT2D eigenvalue weighted by Gasteiger charge is -2.04. The molecule has 0 aliphatic carbocycles. The average Bonchev–Trinajstić information content (AvgIpc) is 2.81. The Bertz CT molecular complexity index is 867. The highest BCUT2D eigenvalue weighted by Crippen LogP contribution is 2.24. The third-order valence-electron chi connectivity index (χ3n) is 2.53. The fourth-order valence-electron chi connectivity index (χ4n) is 1.65. The monoisotopic (exact) mass is 294 g/mol. The second kappa shape index (κ2) is 4.60. The Labute approximate surface area is 115 Å². The number of aromatic amines is 1. The van der Waals surface area contributed by atoms with Gasteiger partial charge in [0.15, 0.2) is 5.82 Å². The summed E-state index contributed by atoms with van der Waals surface area (Å²) in [7, 11) is 0. The van der Waals surface area contributed by atoms with Gasteiger partial charge in [0.1, 0.15) is 9.98 Å². The predicted octanol–water partition coefficient (Wildman–Crippen LogP) is 1.24. The van der Waals surface area contributed by atoms with Crippen LogP contribution in [0.25, 0.3) is 10.2 Å². The molecule has 0 aromatic carbocycles. The van der Waals surface area contributed by atoms with Gasteiger partial charge in [0.05, 0.1) is 6.54 Å². The minimum atomic E-state index is -0.501. The zero-order valence-electron chi connectivity index (χ0n) is 9.46. The van der Waals surface area contributed by atoms with Crippen molar-refractivity contribution in [1.29, 1.82) is 0 Å². The molecular formula is C11H7ClN4O2S. The Hall–Kier alpha value is -1.99. The number of nitrogens with zero attached hydrogens (tertiary/aromatic N) is 3. The van der Waals surface area contributed by atoms with Gasteiger partial charge < -0.3 is 0 Å². The van der Waals surface area contributed by atoms with E-state index in [2.05, 4.69) is 15.0 Å². The number of H-pyrrole nitrogens is 1. The number of hydrogen-bond acceptors (Lipinski definition) is 5. The van der Waals surface area contributed by atoms with Crippen LogP contribution >= 0.6 is 22.9 Å². The Morgan fingerprint density at radius 1 is 1.32 bits per heavy atom. The van der Waals surface area contributed by atoms with E-state index in [0.29, 0.717) is 11.0 Å². The van der Waals surface area contributed by atoms with Gasteiger partial charge in [0.2, 0.25) is 0 Å². The van der Waals surface area contributed by atoms with Crippen molar-refractivity contribution in [2.75, 3.05) is 0 Å². The minimum Gasteiger partial charge on any atom is -0.293 e. The largest absolute Gasteiger partial charge is 0.328 e. The summed E-state index contributed by atoms with van der Waals surface area (Å²) in [6.07, 6.45) is 1.40. The summed E-state index contributed by atoms with van der Waals surface area (Å²) in [6, 6.07) is 3.12. The molecule has 0 unspecified atom stereocenters. The van der Waals surface area contributed by atoms with Crippen LogP contribution < -0.4 is 11.2 Å². The molecule has 0 saturated heterocycles. The fourth-order valence-corrected chi connectivity index (χ4v) is 2.74. The van der Waals surface area contributed by atoms with Gasteiger partial charge in [0.25, 0.3) is 5.56 Å². The van der Waals surface area contributed by atoms with E-state index in [1.807, 2.05) is 11.4 Å². The molecule has 3 rings (SSSR count). The van der Waals surface area contributed by atoms with Crippen molar-refractivity contribution in [3.63, 3.8) is 0 Å². The molecule has 0 spiro atoms. The van der Waals surface area contributed by atoms with E-state index in [-0.39, 0.29) is 6.54 Å². The van der Waals surface area contributed by atoms with E-state index in [1.165, 1.54) is 28.2 Å². The van der Waals surface area contributed by atoms with Crippen LogP contribution in [-0.2, 0) is 6.54 Å². The van der Waals surface area contributed by atoms with Gasteiger partial charge >= 0.3 is 5.69 Å². The molecule has 8 heteroatoms. The maximum Gasteiger partial charge on any atom is 0.328 e. The standard InChI is InChI=1S/C11H7ClN4O2S/c12-9-6-2-4-19-10(6)14-7(13-9)5-16-3-1-8(17)15-11(16)18/h1-4H,5H2,(H,15,17,18). The molecule has 0 fully saturated rings. The third kappa shape index (κ3) is 2.29. The molecule has 0 amide bonds.